The van der Waals surface area contributed by atoms with E-state index in [-0.39, 0.29) is 16.7 Å². The van der Waals surface area contributed by atoms with E-state index in [4.69, 9.17) is 0 Å². The number of hydrogen-bond acceptors (Lipinski definition) is 3. The highest BCUT2D eigenvalue weighted by atomic mass is 19.4. The molecule has 2 heterocycles. The molecule has 7 heteroatoms. The van der Waals surface area contributed by atoms with Gasteiger partial charge in [-0.1, -0.05) is 0 Å². The van der Waals surface area contributed by atoms with E-state index in [2.05, 4.69) is 5.32 Å². The summed E-state index contributed by atoms with van der Waals surface area (Å²) in [4.78, 5) is 12.5. The Morgan fingerprint density at radius 2 is 1.96 bits per heavy atom. The van der Waals surface area contributed by atoms with Crippen LogP contribution < -0.4 is 10.9 Å². The lowest BCUT2D eigenvalue weighted by Crippen LogP contribution is -2.45. The van der Waals surface area contributed by atoms with Crippen LogP contribution in [0.25, 0.3) is 11.1 Å². The summed E-state index contributed by atoms with van der Waals surface area (Å²) in [6.07, 6.45) is -2.89. The van der Waals surface area contributed by atoms with Gasteiger partial charge in [0.25, 0.3) is 5.56 Å². The van der Waals surface area contributed by atoms with Crippen LogP contribution in [0.2, 0.25) is 0 Å². The Morgan fingerprint density at radius 1 is 1.22 bits per heavy atom. The van der Waals surface area contributed by atoms with Gasteiger partial charge in [0.15, 0.2) is 0 Å². The minimum absolute atomic E-state index is 0.101. The van der Waals surface area contributed by atoms with Crippen molar-refractivity contribution < 1.29 is 18.3 Å². The standard InChI is InChI=1S/C16H15F3N2O2/c17-16(18,19)11-3-4-12(14(22)6-11)13-2-1-5-21(15(13)23)9-10-7-20-8-10/h1-6,10,20,22H,7-9H2. The van der Waals surface area contributed by atoms with Crippen molar-refractivity contribution in [2.24, 2.45) is 5.92 Å². The molecule has 0 atom stereocenters. The van der Waals surface area contributed by atoms with Crippen LogP contribution in [0.15, 0.2) is 41.3 Å². The van der Waals surface area contributed by atoms with E-state index in [1.807, 2.05) is 0 Å². The van der Waals surface area contributed by atoms with Gasteiger partial charge in [0.1, 0.15) is 5.75 Å². The number of benzene rings is 1. The molecule has 23 heavy (non-hydrogen) atoms. The third-order valence-corrected chi connectivity index (χ3v) is 3.96. The number of phenols is 1. The normalized spacial score (nSPS) is 15.4. The zero-order chi connectivity index (χ0) is 16.6. The van der Waals surface area contributed by atoms with Gasteiger partial charge >= 0.3 is 6.18 Å². The average Bonchev–Trinajstić information content (AvgIpc) is 2.43. The first-order valence-corrected chi connectivity index (χ1v) is 7.17. The second-order valence-electron chi connectivity index (χ2n) is 5.63. The maximum absolute atomic E-state index is 12.7. The molecule has 1 fully saturated rings. The number of nitrogens with zero attached hydrogens (tertiary/aromatic N) is 1. The molecule has 2 aromatic rings. The minimum atomic E-state index is -4.54. The molecule has 4 nitrogen and oxygen atoms in total. The number of halogens is 3. The summed E-state index contributed by atoms with van der Waals surface area (Å²) in [5.41, 5.74) is -0.986. The van der Waals surface area contributed by atoms with E-state index >= 15 is 0 Å². The third kappa shape index (κ3) is 3.10. The zero-order valence-electron chi connectivity index (χ0n) is 12.1. The van der Waals surface area contributed by atoms with Crippen LogP contribution in [0.3, 0.4) is 0 Å². The molecule has 0 radical (unpaired) electrons. The molecule has 2 N–H and O–H groups in total. The molecule has 122 valence electrons. The van der Waals surface area contributed by atoms with Crippen LogP contribution >= 0.6 is 0 Å². The molecule has 0 spiro atoms. The third-order valence-electron chi connectivity index (χ3n) is 3.96. The number of aromatic hydroxyl groups is 1. The molecule has 0 amide bonds. The lowest BCUT2D eigenvalue weighted by atomic mass is 10.0. The van der Waals surface area contributed by atoms with Crippen molar-refractivity contribution in [3.63, 3.8) is 0 Å². The number of hydrogen-bond donors (Lipinski definition) is 2. The van der Waals surface area contributed by atoms with Crippen LogP contribution in [-0.2, 0) is 12.7 Å². The Bertz CT molecular complexity index is 780. The maximum atomic E-state index is 12.7. The fraction of sp³-hybridized carbons (Fsp3) is 0.312. The van der Waals surface area contributed by atoms with Crippen LogP contribution in [0.4, 0.5) is 13.2 Å². The van der Waals surface area contributed by atoms with Gasteiger partial charge in [0, 0.05) is 37.3 Å². The Kier molecular flexibility index (Phi) is 3.89. The highest BCUT2D eigenvalue weighted by molar-refractivity contribution is 5.69. The van der Waals surface area contributed by atoms with E-state index in [0.717, 1.165) is 25.2 Å². The SMILES string of the molecule is O=c1c(-c2ccc(C(F)(F)F)cc2O)cccn1CC1CNC1. The Morgan fingerprint density at radius 3 is 2.52 bits per heavy atom. The molecule has 0 saturated carbocycles. The van der Waals surface area contributed by atoms with Gasteiger partial charge in [-0.2, -0.15) is 13.2 Å². The molecule has 0 unspecified atom stereocenters. The molecule has 1 aromatic heterocycles. The predicted octanol–water partition coefficient (Wildman–Crippen LogP) is 2.46. The number of aromatic nitrogens is 1. The number of alkyl halides is 3. The Balaban J connectivity index is 1.98. The van der Waals surface area contributed by atoms with Crippen LogP contribution in [0, 0.1) is 5.92 Å². The molecule has 0 aliphatic carbocycles. The van der Waals surface area contributed by atoms with E-state index in [9.17, 15) is 23.1 Å². The molecule has 1 aliphatic heterocycles. The summed E-state index contributed by atoms with van der Waals surface area (Å²) >= 11 is 0. The number of nitrogens with one attached hydrogen (secondary N) is 1. The highest BCUT2D eigenvalue weighted by Crippen LogP contribution is 2.35. The van der Waals surface area contributed by atoms with Crippen molar-refractivity contribution in [1.29, 1.82) is 0 Å². The van der Waals surface area contributed by atoms with Gasteiger partial charge < -0.3 is 15.0 Å². The summed E-state index contributed by atoms with van der Waals surface area (Å²) < 4.78 is 39.5. The summed E-state index contributed by atoms with van der Waals surface area (Å²) in [7, 11) is 0. The Labute approximate surface area is 130 Å². The average molecular weight is 324 g/mol. The first-order valence-electron chi connectivity index (χ1n) is 7.17. The molecular formula is C16H15F3N2O2. The van der Waals surface area contributed by atoms with Crippen LogP contribution in [0.1, 0.15) is 5.56 Å². The lowest BCUT2D eigenvalue weighted by Gasteiger charge is -2.27. The van der Waals surface area contributed by atoms with E-state index in [1.165, 1.54) is 10.6 Å². The van der Waals surface area contributed by atoms with Crippen molar-refractivity contribution >= 4 is 0 Å². The van der Waals surface area contributed by atoms with Crippen LogP contribution in [-0.4, -0.2) is 22.8 Å². The molecule has 1 aromatic carbocycles. The van der Waals surface area contributed by atoms with E-state index in [0.29, 0.717) is 18.5 Å². The number of pyridine rings is 1. The van der Waals surface area contributed by atoms with Crippen molar-refractivity contribution in [1.82, 2.24) is 9.88 Å². The summed E-state index contributed by atoms with van der Waals surface area (Å²) in [5.74, 6) is -0.191. The maximum Gasteiger partial charge on any atom is 0.416 e. The second-order valence-corrected chi connectivity index (χ2v) is 5.63. The molecule has 1 aliphatic rings. The monoisotopic (exact) mass is 324 g/mol. The summed E-state index contributed by atoms with van der Waals surface area (Å²) in [6, 6.07) is 5.79. The summed E-state index contributed by atoms with van der Waals surface area (Å²) in [5, 5.41) is 13.0. The predicted molar refractivity (Wildman–Crippen MR) is 79.2 cm³/mol. The number of phenolic OH excluding ortho intramolecular Hbond substituents is 1. The first-order chi connectivity index (χ1) is 10.9. The summed E-state index contributed by atoms with van der Waals surface area (Å²) in [6.45, 7) is 2.21. The highest BCUT2D eigenvalue weighted by Gasteiger charge is 2.31. The fourth-order valence-electron chi connectivity index (χ4n) is 2.58. The van der Waals surface area contributed by atoms with Crippen molar-refractivity contribution in [2.45, 2.75) is 12.7 Å². The quantitative estimate of drug-likeness (QED) is 0.912. The molecule has 3 rings (SSSR count). The Hall–Kier alpha value is -2.28. The van der Waals surface area contributed by atoms with Crippen molar-refractivity contribution in [3.8, 4) is 16.9 Å². The van der Waals surface area contributed by atoms with Gasteiger partial charge in [-0.25, -0.2) is 0 Å². The van der Waals surface area contributed by atoms with E-state index < -0.39 is 17.5 Å². The zero-order valence-corrected chi connectivity index (χ0v) is 12.1. The van der Waals surface area contributed by atoms with Gasteiger partial charge in [0.05, 0.1) is 11.1 Å². The molecule has 1 saturated heterocycles. The lowest BCUT2D eigenvalue weighted by molar-refractivity contribution is -0.137. The van der Waals surface area contributed by atoms with Gasteiger partial charge in [-0.3, -0.25) is 4.79 Å². The minimum Gasteiger partial charge on any atom is -0.507 e. The smallest absolute Gasteiger partial charge is 0.416 e. The van der Waals surface area contributed by atoms with Crippen molar-refractivity contribution in [3.05, 3.63) is 52.4 Å². The van der Waals surface area contributed by atoms with Gasteiger partial charge in [-0.05, 0) is 30.3 Å². The topological polar surface area (TPSA) is 54.3 Å². The number of rotatable bonds is 3. The van der Waals surface area contributed by atoms with Crippen LogP contribution in [0.5, 0.6) is 5.75 Å². The van der Waals surface area contributed by atoms with E-state index in [1.54, 1.807) is 12.3 Å². The van der Waals surface area contributed by atoms with Gasteiger partial charge in [0.2, 0.25) is 0 Å². The molecule has 0 bridgehead atoms. The fourth-order valence-corrected chi connectivity index (χ4v) is 2.58. The first kappa shape index (κ1) is 15.6. The second kappa shape index (κ2) is 5.73. The largest absolute Gasteiger partial charge is 0.507 e. The van der Waals surface area contributed by atoms with Gasteiger partial charge in [-0.15, -0.1) is 0 Å². The molecular weight excluding hydrogens is 309 g/mol. The van der Waals surface area contributed by atoms with Crippen molar-refractivity contribution in [2.75, 3.05) is 13.1 Å².